The molecule has 2 aliphatic carbocycles. The molecule has 4 rings (SSSR count). The van der Waals surface area contributed by atoms with Crippen LogP contribution in [0.5, 0.6) is 0 Å². The molecule has 0 bridgehead atoms. The van der Waals surface area contributed by atoms with Crippen LogP contribution in [-0.4, -0.2) is 0 Å². The molecule has 2 saturated carbocycles. The van der Waals surface area contributed by atoms with Crippen LogP contribution in [-0.2, 0) is 19.3 Å². The Balaban J connectivity index is 1.12. The van der Waals surface area contributed by atoms with E-state index in [2.05, 4.69) is 62.4 Å². The molecule has 0 radical (unpaired) electrons. The van der Waals surface area contributed by atoms with Crippen molar-refractivity contribution in [2.24, 2.45) is 17.8 Å². The van der Waals surface area contributed by atoms with E-state index in [1.165, 1.54) is 127 Å². The van der Waals surface area contributed by atoms with Gasteiger partial charge in [0.25, 0.3) is 0 Å². The molecule has 0 N–H and O–H groups in total. The lowest BCUT2D eigenvalue weighted by Gasteiger charge is -2.29. The topological polar surface area (TPSA) is 0 Å². The Morgan fingerprint density at radius 3 is 1.50 bits per heavy atom. The number of rotatable bonds is 15. The molecule has 2 aliphatic rings. The molecule has 0 unspecified atom stereocenters. The molecule has 0 aromatic heterocycles. The van der Waals surface area contributed by atoms with E-state index in [4.69, 9.17) is 0 Å². The highest BCUT2D eigenvalue weighted by Crippen LogP contribution is 2.38. The minimum absolute atomic E-state index is 0.805. The van der Waals surface area contributed by atoms with E-state index in [0.29, 0.717) is 0 Å². The predicted molar refractivity (Wildman–Crippen MR) is 167 cm³/mol. The maximum atomic E-state index is 2.45. The van der Waals surface area contributed by atoms with Gasteiger partial charge >= 0.3 is 0 Å². The van der Waals surface area contributed by atoms with Crippen LogP contribution in [0.1, 0.15) is 151 Å². The lowest BCUT2D eigenvalue weighted by Crippen LogP contribution is -2.15. The Kier molecular flexibility index (Phi) is 12.8. The lowest BCUT2D eigenvalue weighted by molar-refractivity contribution is 0.252. The first-order valence-corrected chi connectivity index (χ1v) is 16.9. The fourth-order valence-electron chi connectivity index (χ4n) is 7.53. The molecule has 0 heterocycles. The zero-order valence-corrected chi connectivity index (χ0v) is 25.1. The summed E-state index contributed by atoms with van der Waals surface area (Å²) in [5, 5.41) is 0. The number of hydrogen-bond acceptors (Lipinski definition) is 0. The van der Waals surface area contributed by atoms with Crippen molar-refractivity contribution in [3.05, 3.63) is 70.8 Å². The predicted octanol–water partition coefficient (Wildman–Crippen LogP) is 11.6. The van der Waals surface area contributed by atoms with Crippen LogP contribution in [0.15, 0.2) is 48.5 Å². The maximum Gasteiger partial charge on any atom is -0.0162 e. The summed E-state index contributed by atoms with van der Waals surface area (Å²) in [7, 11) is 0. The number of unbranched alkanes of at least 4 members (excludes halogenated alkanes) is 4. The zero-order chi connectivity index (χ0) is 26.4. The molecule has 0 spiro atoms. The molecule has 2 aromatic carbocycles. The quantitative estimate of drug-likeness (QED) is 0.207. The van der Waals surface area contributed by atoms with E-state index >= 15 is 0 Å². The molecule has 2 aromatic rings. The number of hydrogen-bond donors (Lipinski definition) is 0. The lowest BCUT2D eigenvalue weighted by atomic mass is 9.77. The van der Waals surface area contributed by atoms with Crippen LogP contribution in [0.2, 0.25) is 0 Å². The van der Waals surface area contributed by atoms with Crippen LogP contribution in [0.25, 0.3) is 0 Å². The normalized spacial score (nSPS) is 23.9. The summed E-state index contributed by atoms with van der Waals surface area (Å²) in [6, 6.07) is 19.3. The molecule has 0 nitrogen and oxygen atoms in total. The second-order valence-electron chi connectivity index (χ2n) is 13.2. The van der Waals surface area contributed by atoms with Crippen molar-refractivity contribution in [2.45, 2.75) is 148 Å². The van der Waals surface area contributed by atoms with Crippen molar-refractivity contribution in [1.82, 2.24) is 0 Å². The van der Waals surface area contributed by atoms with Crippen LogP contribution >= 0.6 is 0 Å². The van der Waals surface area contributed by atoms with Gasteiger partial charge in [0.2, 0.25) is 0 Å². The Morgan fingerprint density at radius 1 is 0.447 bits per heavy atom. The van der Waals surface area contributed by atoms with Crippen molar-refractivity contribution in [2.75, 3.05) is 0 Å². The van der Waals surface area contributed by atoms with Gasteiger partial charge in [-0.1, -0.05) is 139 Å². The average Bonchev–Trinajstić information content (AvgIpc) is 2.97. The standard InChI is InChI=1S/C38H58/c1-3-5-6-7-8-10-32-23-27-37(28-24-32)38-29-25-36(26-30-38)22-21-35-19-17-34(18-20-35)16-15-33-13-11-31(9-4-2)12-14-33/h17-20,25-26,29-33,37H,3-16,21-24,27-28H2,1-2H3. The summed E-state index contributed by atoms with van der Waals surface area (Å²) in [4.78, 5) is 0. The van der Waals surface area contributed by atoms with Gasteiger partial charge in [-0.3, -0.25) is 0 Å². The molecule has 2 fully saturated rings. The summed E-state index contributed by atoms with van der Waals surface area (Å²) in [6.45, 7) is 4.65. The highest BCUT2D eigenvalue weighted by molar-refractivity contribution is 5.28. The minimum Gasteiger partial charge on any atom is -0.0654 e. The Labute approximate surface area is 236 Å². The van der Waals surface area contributed by atoms with Crippen molar-refractivity contribution >= 4 is 0 Å². The average molecular weight is 515 g/mol. The van der Waals surface area contributed by atoms with Crippen molar-refractivity contribution in [3.8, 4) is 0 Å². The van der Waals surface area contributed by atoms with Crippen molar-refractivity contribution in [1.29, 1.82) is 0 Å². The van der Waals surface area contributed by atoms with Gasteiger partial charge in [0.05, 0.1) is 0 Å². The van der Waals surface area contributed by atoms with E-state index < -0.39 is 0 Å². The first kappa shape index (κ1) is 29.4. The van der Waals surface area contributed by atoms with Gasteiger partial charge < -0.3 is 0 Å². The van der Waals surface area contributed by atoms with E-state index in [1.54, 1.807) is 11.1 Å². The van der Waals surface area contributed by atoms with Gasteiger partial charge in [-0.2, -0.15) is 0 Å². The van der Waals surface area contributed by atoms with Gasteiger partial charge in [0.1, 0.15) is 0 Å². The summed E-state index contributed by atoms with van der Waals surface area (Å²) in [6.07, 6.45) is 28.1. The third-order valence-electron chi connectivity index (χ3n) is 10.2. The monoisotopic (exact) mass is 514 g/mol. The van der Waals surface area contributed by atoms with Gasteiger partial charge in [0, 0.05) is 0 Å². The third-order valence-corrected chi connectivity index (χ3v) is 10.2. The van der Waals surface area contributed by atoms with E-state index in [9.17, 15) is 0 Å². The highest BCUT2D eigenvalue weighted by atomic mass is 14.3. The van der Waals surface area contributed by atoms with E-state index in [0.717, 1.165) is 36.5 Å². The fourth-order valence-corrected chi connectivity index (χ4v) is 7.53. The van der Waals surface area contributed by atoms with Gasteiger partial charge in [-0.25, -0.2) is 0 Å². The second kappa shape index (κ2) is 16.5. The maximum absolute atomic E-state index is 2.45. The highest BCUT2D eigenvalue weighted by Gasteiger charge is 2.22. The first-order chi connectivity index (χ1) is 18.7. The summed E-state index contributed by atoms with van der Waals surface area (Å²) >= 11 is 0. The Hall–Kier alpha value is -1.56. The van der Waals surface area contributed by atoms with Crippen LogP contribution in [0.4, 0.5) is 0 Å². The SMILES string of the molecule is CCCCCCCC1CCC(c2ccc(CCc3ccc(CCC4CCC(CCC)CC4)cc3)cc2)CC1. The van der Waals surface area contributed by atoms with Crippen LogP contribution < -0.4 is 0 Å². The summed E-state index contributed by atoms with van der Waals surface area (Å²) in [5.41, 5.74) is 6.13. The smallest absolute Gasteiger partial charge is 0.0162 e. The van der Waals surface area contributed by atoms with E-state index in [-0.39, 0.29) is 0 Å². The molecular formula is C38H58. The molecule has 0 heteroatoms. The number of benzene rings is 2. The van der Waals surface area contributed by atoms with Crippen LogP contribution in [0.3, 0.4) is 0 Å². The van der Waals surface area contributed by atoms with Gasteiger partial charge in [0.15, 0.2) is 0 Å². The summed E-state index contributed by atoms with van der Waals surface area (Å²) < 4.78 is 0. The van der Waals surface area contributed by atoms with Crippen molar-refractivity contribution in [3.63, 3.8) is 0 Å². The van der Waals surface area contributed by atoms with Gasteiger partial charge in [-0.05, 0) is 97.3 Å². The van der Waals surface area contributed by atoms with Crippen molar-refractivity contribution < 1.29 is 0 Å². The third kappa shape index (κ3) is 9.88. The van der Waals surface area contributed by atoms with Gasteiger partial charge in [-0.15, -0.1) is 0 Å². The van der Waals surface area contributed by atoms with Crippen LogP contribution in [0, 0.1) is 17.8 Å². The Morgan fingerprint density at radius 2 is 0.921 bits per heavy atom. The minimum atomic E-state index is 0.805. The van der Waals surface area contributed by atoms with E-state index in [1.807, 2.05) is 0 Å². The largest absolute Gasteiger partial charge is 0.0654 e. The molecule has 38 heavy (non-hydrogen) atoms. The number of aryl methyl sites for hydroxylation is 3. The first-order valence-electron chi connectivity index (χ1n) is 16.9. The fraction of sp³-hybridized carbons (Fsp3) is 0.684. The molecule has 0 aliphatic heterocycles. The molecule has 0 amide bonds. The zero-order valence-electron chi connectivity index (χ0n) is 25.1. The molecular weight excluding hydrogens is 456 g/mol. The molecule has 0 saturated heterocycles. The summed E-state index contributed by atoms with van der Waals surface area (Å²) in [5.74, 6) is 3.81. The molecule has 210 valence electrons. The molecule has 0 atom stereocenters. The Bertz CT molecular complexity index is 859. The second-order valence-corrected chi connectivity index (χ2v) is 13.2.